The van der Waals surface area contributed by atoms with Crippen molar-refractivity contribution < 1.29 is 4.79 Å². The number of carbonyl (C=O) groups excluding carboxylic acids is 1. The molecule has 3 rings (SSSR count). The minimum atomic E-state index is -0.407. The Bertz CT molecular complexity index is 1020. The molecule has 0 radical (unpaired) electrons. The van der Waals surface area contributed by atoms with E-state index in [0.29, 0.717) is 17.1 Å². The molecule has 1 aromatic heterocycles. The molecule has 0 aliphatic rings. The van der Waals surface area contributed by atoms with Gasteiger partial charge in [0.15, 0.2) is 0 Å². The number of hydrogen-bond donors (Lipinski definition) is 2. The van der Waals surface area contributed by atoms with E-state index >= 15 is 0 Å². The number of nitrogens with one attached hydrogen (secondary N) is 2. The highest BCUT2D eigenvalue weighted by atomic mass is 16.1. The zero-order valence-electron chi connectivity index (χ0n) is 16.4. The first-order valence-electron chi connectivity index (χ1n) is 9.39. The summed E-state index contributed by atoms with van der Waals surface area (Å²) >= 11 is 0. The lowest BCUT2D eigenvalue weighted by Gasteiger charge is -2.21. The lowest BCUT2D eigenvalue weighted by atomic mass is 10.2. The lowest BCUT2D eigenvalue weighted by Crippen LogP contribution is -2.21. The Hall–Kier alpha value is -3.92. The number of rotatable bonds is 7. The second kappa shape index (κ2) is 9.33. The van der Waals surface area contributed by atoms with E-state index < -0.39 is 5.91 Å². The van der Waals surface area contributed by atoms with Crippen molar-refractivity contribution in [1.82, 2.24) is 9.97 Å². The Morgan fingerprint density at radius 1 is 1.07 bits per heavy atom. The maximum Gasteiger partial charge on any atom is 0.274 e. The van der Waals surface area contributed by atoms with Gasteiger partial charge in [0.1, 0.15) is 23.9 Å². The molecule has 0 aliphatic carbocycles. The maximum atomic E-state index is 12.5. The van der Waals surface area contributed by atoms with Crippen molar-refractivity contribution >= 4 is 28.8 Å². The van der Waals surface area contributed by atoms with Crippen molar-refractivity contribution in [3.8, 4) is 6.07 Å². The van der Waals surface area contributed by atoms with Crippen LogP contribution in [0.1, 0.15) is 29.9 Å². The van der Waals surface area contributed by atoms with Gasteiger partial charge in [0, 0.05) is 30.5 Å². The van der Waals surface area contributed by atoms with Crippen LogP contribution in [0.15, 0.2) is 60.9 Å². The largest absolute Gasteiger partial charge is 0.372 e. The summed E-state index contributed by atoms with van der Waals surface area (Å²) < 4.78 is 0. The fourth-order valence-corrected chi connectivity index (χ4v) is 2.92. The number of benzene rings is 2. The van der Waals surface area contributed by atoms with Crippen LogP contribution in [-0.2, 0) is 0 Å². The van der Waals surface area contributed by atoms with Gasteiger partial charge < -0.3 is 15.5 Å². The quantitative estimate of drug-likeness (QED) is 0.632. The summed E-state index contributed by atoms with van der Waals surface area (Å²) in [6.07, 6.45) is 1.33. The van der Waals surface area contributed by atoms with Gasteiger partial charge in [-0.15, -0.1) is 0 Å². The minimum absolute atomic E-state index is 0.204. The van der Waals surface area contributed by atoms with Gasteiger partial charge in [-0.2, -0.15) is 5.26 Å². The number of nitrogens with zero attached hydrogens (tertiary/aromatic N) is 4. The summed E-state index contributed by atoms with van der Waals surface area (Å²) in [6.45, 7) is 6.14. The fraction of sp³-hybridized carbons (Fsp3) is 0.182. The van der Waals surface area contributed by atoms with Crippen LogP contribution in [0.5, 0.6) is 0 Å². The molecule has 0 bridgehead atoms. The van der Waals surface area contributed by atoms with Gasteiger partial charge in [-0.3, -0.25) is 4.79 Å². The van der Waals surface area contributed by atoms with Crippen molar-refractivity contribution in [2.24, 2.45) is 0 Å². The minimum Gasteiger partial charge on any atom is -0.372 e. The predicted octanol–water partition coefficient (Wildman–Crippen LogP) is 4.19. The Kier molecular flexibility index (Phi) is 6.38. The molecule has 0 unspecified atom stereocenters. The summed E-state index contributed by atoms with van der Waals surface area (Å²) in [5.41, 5.74) is 3.05. The van der Waals surface area contributed by atoms with Crippen LogP contribution < -0.4 is 15.5 Å². The summed E-state index contributed by atoms with van der Waals surface area (Å²) in [4.78, 5) is 23.0. The van der Waals surface area contributed by atoms with E-state index in [9.17, 15) is 4.79 Å². The van der Waals surface area contributed by atoms with E-state index in [1.165, 1.54) is 6.33 Å². The second-order valence-electron chi connectivity index (χ2n) is 6.24. The fourth-order valence-electron chi connectivity index (χ4n) is 2.92. The van der Waals surface area contributed by atoms with E-state index in [-0.39, 0.29) is 5.69 Å². The highest BCUT2D eigenvalue weighted by Crippen LogP contribution is 2.21. The molecule has 0 saturated carbocycles. The molecule has 0 spiro atoms. The molecular formula is C22H22N6O. The van der Waals surface area contributed by atoms with Gasteiger partial charge in [0.2, 0.25) is 0 Å². The normalized spacial score (nSPS) is 10.1. The summed E-state index contributed by atoms with van der Waals surface area (Å²) in [7, 11) is 0. The highest BCUT2D eigenvalue weighted by molar-refractivity contribution is 6.03. The first-order chi connectivity index (χ1) is 14.1. The molecule has 0 fully saturated rings. The number of aromatic nitrogens is 2. The van der Waals surface area contributed by atoms with Crippen LogP contribution in [0.3, 0.4) is 0 Å². The third kappa shape index (κ3) is 4.87. The standard InChI is InChI=1S/C22H22N6O/c1-3-28(4-2)18-11-9-17(10-12-18)26-21-13-20(24-15-25-21)22(29)27-19-8-6-5-7-16(19)14-23/h5-13,15H,3-4H2,1-2H3,(H,27,29)(H,24,25,26). The zero-order chi connectivity index (χ0) is 20.6. The Balaban J connectivity index is 1.72. The molecule has 29 heavy (non-hydrogen) atoms. The lowest BCUT2D eigenvalue weighted by molar-refractivity contribution is 0.102. The molecule has 3 aromatic rings. The van der Waals surface area contributed by atoms with Gasteiger partial charge in [-0.1, -0.05) is 12.1 Å². The summed E-state index contributed by atoms with van der Waals surface area (Å²) in [5.74, 6) is 0.101. The molecule has 7 nitrogen and oxygen atoms in total. The van der Waals surface area contributed by atoms with E-state index in [2.05, 4.69) is 45.4 Å². The van der Waals surface area contributed by atoms with Gasteiger partial charge in [0.05, 0.1) is 11.3 Å². The topological polar surface area (TPSA) is 93.9 Å². The molecule has 1 amide bonds. The van der Waals surface area contributed by atoms with Gasteiger partial charge in [-0.25, -0.2) is 9.97 Å². The number of nitriles is 1. The number of carbonyl (C=O) groups is 1. The van der Waals surface area contributed by atoms with Crippen molar-refractivity contribution in [2.45, 2.75) is 13.8 Å². The highest BCUT2D eigenvalue weighted by Gasteiger charge is 2.11. The van der Waals surface area contributed by atoms with E-state index in [1.807, 2.05) is 24.3 Å². The maximum absolute atomic E-state index is 12.5. The second-order valence-corrected chi connectivity index (χ2v) is 6.24. The Morgan fingerprint density at radius 2 is 1.79 bits per heavy atom. The number of para-hydroxylation sites is 1. The van der Waals surface area contributed by atoms with Gasteiger partial charge in [-0.05, 0) is 50.2 Å². The zero-order valence-corrected chi connectivity index (χ0v) is 16.4. The summed E-state index contributed by atoms with van der Waals surface area (Å²) in [5, 5.41) is 15.1. The average molecular weight is 386 g/mol. The smallest absolute Gasteiger partial charge is 0.274 e. The molecule has 7 heteroatoms. The van der Waals surface area contributed by atoms with Crippen molar-refractivity contribution in [3.05, 3.63) is 72.2 Å². The van der Waals surface area contributed by atoms with Crippen LogP contribution in [0.25, 0.3) is 0 Å². The van der Waals surface area contributed by atoms with Crippen molar-refractivity contribution in [2.75, 3.05) is 28.6 Å². The number of anilines is 4. The molecule has 0 aliphatic heterocycles. The Morgan fingerprint density at radius 3 is 2.48 bits per heavy atom. The first-order valence-corrected chi connectivity index (χ1v) is 9.39. The molecule has 2 aromatic carbocycles. The van der Waals surface area contributed by atoms with Gasteiger partial charge >= 0.3 is 0 Å². The molecule has 2 N–H and O–H groups in total. The molecule has 0 atom stereocenters. The first kappa shape index (κ1) is 19.8. The van der Waals surface area contributed by atoms with Gasteiger partial charge in [0.25, 0.3) is 5.91 Å². The SMILES string of the molecule is CCN(CC)c1ccc(Nc2cc(C(=O)Nc3ccccc3C#N)ncn2)cc1. The van der Waals surface area contributed by atoms with Crippen molar-refractivity contribution in [1.29, 1.82) is 5.26 Å². The average Bonchev–Trinajstić information content (AvgIpc) is 2.76. The molecular weight excluding hydrogens is 364 g/mol. The van der Waals surface area contributed by atoms with Crippen LogP contribution in [0.4, 0.5) is 22.9 Å². The van der Waals surface area contributed by atoms with Crippen LogP contribution in [-0.4, -0.2) is 29.0 Å². The molecule has 0 saturated heterocycles. The van der Waals surface area contributed by atoms with Crippen molar-refractivity contribution in [3.63, 3.8) is 0 Å². The summed E-state index contributed by atoms with van der Waals surface area (Å²) in [6, 6.07) is 18.5. The van der Waals surface area contributed by atoms with E-state index in [1.54, 1.807) is 30.3 Å². The van der Waals surface area contributed by atoms with E-state index in [0.717, 1.165) is 24.5 Å². The van der Waals surface area contributed by atoms with Crippen LogP contribution in [0.2, 0.25) is 0 Å². The predicted molar refractivity (Wildman–Crippen MR) is 114 cm³/mol. The number of amides is 1. The molecule has 146 valence electrons. The Labute approximate surface area is 170 Å². The number of hydrogen-bond acceptors (Lipinski definition) is 6. The van der Waals surface area contributed by atoms with Crippen LogP contribution in [0, 0.1) is 11.3 Å². The van der Waals surface area contributed by atoms with E-state index in [4.69, 9.17) is 5.26 Å². The monoisotopic (exact) mass is 386 g/mol. The third-order valence-electron chi connectivity index (χ3n) is 4.46. The van der Waals surface area contributed by atoms with Crippen LogP contribution >= 0.6 is 0 Å². The third-order valence-corrected chi connectivity index (χ3v) is 4.46. The molecule has 1 heterocycles.